The predicted octanol–water partition coefficient (Wildman–Crippen LogP) is 2.07. The van der Waals surface area contributed by atoms with Gasteiger partial charge in [0.2, 0.25) is 0 Å². The summed E-state index contributed by atoms with van der Waals surface area (Å²) in [4.78, 5) is 0. The Hall–Kier alpha value is -0.220. The highest BCUT2D eigenvalue weighted by Crippen LogP contribution is 2.48. The van der Waals surface area contributed by atoms with E-state index in [4.69, 9.17) is 10.5 Å². The first-order valence-corrected chi connectivity index (χ1v) is 5.51. The molecule has 0 unspecified atom stereocenters. The summed E-state index contributed by atoms with van der Waals surface area (Å²) in [5.74, 6) is 0. The van der Waals surface area contributed by atoms with E-state index in [2.05, 4.69) is 0 Å². The molecule has 0 spiro atoms. The van der Waals surface area contributed by atoms with E-state index in [9.17, 15) is 4.57 Å². The van der Waals surface area contributed by atoms with Crippen LogP contribution in [0.3, 0.4) is 0 Å². The van der Waals surface area contributed by atoms with E-state index < -0.39 is 6.20 Å². The first kappa shape index (κ1) is 7.78. The third-order valence-corrected chi connectivity index (χ3v) is 3.42. The van der Waals surface area contributed by atoms with Crippen LogP contribution in [-0.4, -0.2) is 0 Å². The summed E-state index contributed by atoms with van der Waals surface area (Å²) in [7, 11) is 0. The minimum atomic E-state index is -1.72. The van der Waals surface area contributed by atoms with Crippen molar-refractivity contribution in [1.29, 1.82) is 10.5 Å². The van der Waals surface area contributed by atoms with Gasteiger partial charge in [0.1, 0.15) is 0 Å². The molecular formula is C2N2OPS2+. The molecule has 0 amide bonds. The molecule has 0 aromatic rings. The van der Waals surface area contributed by atoms with E-state index in [1.165, 1.54) is 0 Å². The molecule has 6 heteroatoms. The Morgan fingerprint density at radius 3 is 1.88 bits per heavy atom. The molecule has 0 bridgehead atoms. The number of thiocyanates is 2. The molecule has 0 radical (unpaired) electrons. The molecule has 0 aliphatic carbocycles. The molecule has 40 valence electrons. The zero-order valence-corrected chi connectivity index (χ0v) is 6.09. The molecule has 0 saturated carbocycles. The largest absolute Gasteiger partial charge is 0.515 e. The summed E-state index contributed by atoms with van der Waals surface area (Å²) in [6.45, 7) is 0. The van der Waals surface area contributed by atoms with Gasteiger partial charge in [-0.1, -0.05) is 0 Å². The van der Waals surface area contributed by atoms with Crippen molar-refractivity contribution in [2.75, 3.05) is 0 Å². The van der Waals surface area contributed by atoms with Gasteiger partial charge in [-0.15, -0.1) is 0 Å². The number of rotatable bonds is 2. The van der Waals surface area contributed by atoms with Gasteiger partial charge in [-0.3, -0.25) is 0 Å². The maximum Gasteiger partial charge on any atom is 0.515 e. The van der Waals surface area contributed by atoms with Crippen LogP contribution in [0.15, 0.2) is 0 Å². The van der Waals surface area contributed by atoms with Crippen molar-refractivity contribution in [3.8, 4) is 10.8 Å². The second-order valence-corrected chi connectivity index (χ2v) is 5.54. The molecule has 3 nitrogen and oxygen atoms in total. The molecule has 0 heterocycles. The monoisotopic (exact) mass is 163 g/mol. The summed E-state index contributed by atoms with van der Waals surface area (Å²) < 4.78 is 10.3. The Balaban J connectivity index is 3.41. The molecule has 0 rings (SSSR count). The van der Waals surface area contributed by atoms with E-state index in [0.29, 0.717) is 22.8 Å². The lowest BCUT2D eigenvalue weighted by Gasteiger charge is -1.56. The fourth-order valence-electron chi connectivity index (χ4n) is 0.0853. The van der Waals surface area contributed by atoms with Crippen molar-refractivity contribution < 1.29 is 4.57 Å². The van der Waals surface area contributed by atoms with Crippen LogP contribution in [0.2, 0.25) is 0 Å². The molecule has 0 N–H and O–H groups in total. The zero-order chi connectivity index (χ0) is 6.41. The molecule has 0 aromatic heterocycles. The van der Waals surface area contributed by atoms with Gasteiger partial charge in [-0.05, 0) is 4.57 Å². The van der Waals surface area contributed by atoms with Gasteiger partial charge in [0.05, 0.1) is 0 Å². The highest BCUT2D eigenvalue weighted by molar-refractivity contribution is 8.86. The van der Waals surface area contributed by atoms with Gasteiger partial charge in [-0.25, -0.2) is 0 Å². The smallest absolute Gasteiger partial charge is 0.181 e. The lowest BCUT2D eigenvalue weighted by atomic mass is 11.8. The Morgan fingerprint density at radius 2 is 1.62 bits per heavy atom. The average molecular weight is 163 g/mol. The first-order valence-electron chi connectivity index (χ1n) is 1.40. The van der Waals surface area contributed by atoms with Crippen LogP contribution in [0, 0.1) is 21.3 Å². The summed E-state index contributed by atoms with van der Waals surface area (Å²) in [5.41, 5.74) is 0. The second kappa shape index (κ2) is 4.93. The van der Waals surface area contributed by atoms with E-state index in [-0.39, 0.29) is 0 Å². The van der Waals surface area contributed by atoms with Crippen molar-refractivity contribution in [2.24, 2.45) is 0 Å². The van der Waals surface area contributed by atoms with Gasteiger partial charge in [0.25, 0.3) is 22.8 Å². The molecule has 0 aliphatic rings. The molecular weight excluding hydrogens is 163 g/mol. The van der Waals surface area contributed by atoms with Crippen LogP contribution < -0.4 is 0 Å². The zero-order valence-electron chi connectivity index (χ0n) is 3.57. The van der Waals surface area contributed by atoms with Crippen LogP contribution in [0.25, 0.3) is 0 Å². The quantitative estimate of drug-likeness (QED) is 0.460. The van der Waals surface area contributed by atoms with Crippen molar-refractivity contribution in [2.45, 2.75) is 0 Å². The van der Waals surface area contributed by atoms with Crippen LogP contribution in [-0.2, 0) is 4.57 Å². The summed E-state index contributed by atoms with van der Waals surface area (Å²) >= 11 is 1.22. The molecule has 0 aromatic carbocycles. The Bertz CT molecular complexity index is 150. The Labute approximate surface area is 55.3 Å². The number of hydrogen-bond donors (Lipinski definition) is 0. The molecule has 0 fully saturated rings. The number of hydrogen-bond acceptors (Lipinski definition) is 5. The lowest BCUT2D eigenvalue weighted by Crippen LogP contribution is -1.35. The van der Waals surface area contributed by atoms with E-state index in [1.807, 2.05) is 0 Å². The van der Waals surface area contributed by atoms with Gasteiger partial charge >= 0.3 is 6.20 Å². The summed E-state index contributed by atoms with van der Waals surface area (Å²) in [6, 6.07) is 0. The number of nitriles is 2. The maximum absolute atomic E-state index is 10.3. The van der Waals surface area contributed by atoms with Crippen LogP contribution in [0.4, 0.5) is 0 Å². The van der Waals surface area contributed by atoms with Crippen LogP contribution >= 0.6 is 29.0 Å². The normalized spacial score (nSPS) is 6.75. The van der Waals surface area contributed by atoms with Gasteiger partial charge in [-0.2, -0.15) is 10.5 Å². The van der Waals surface area contributed by atoms with Crippen molar-refractivity contribution in [3.05, 3.63) is 0 Å². The third-order valence-electron chi connectivity index (χ3n) is 0.231. The minimum absolute atomic E-state index is 0.611. The van der Waals surface area contributed by atoms with Crippen molar-refractivity contribution in [1.82, 2.24) is 0 Å². The first-order chi connectivity index (χ1) is 3.81. The molecule has 8 heavy (non-hydrogen) atoms. The summed E-state index contributed by atoms with van der Waals surface area (Å²) in [5, 5.41) is 19.0. The lowest BCUT2D eigenvalue weighted by molar-refractivity contribution is 0.603. The number of nitrogens with zero attached hydrogens (tertiary/aromatic N) is 2. The van der Waals surface area contributed by atoms with E-state index >= 15 is 0 Å². The molecule has 0 saturated heterocycles. The second-order valence-electron chi connectivity index (χ2n) is 0.589. The van der Waals surface area contributed by atoms with Gasteiger partial charge in [0, 0.05) is 0 Å². The molecule has 0 aliphatic heterocycles. The SMILES string of the molecule is N#CS[P+](=O)SC#N. The fraction of sp³-hybridized carbons (Fsp3) is 0. The maximum atomic E-state index is 10.3. The Morgan fingerprint density at radius 1 is 1.25 bits per heavy atom. The van der Waals surface area contributed by atoms with E-state index in [1.54, 1.807) is 10.8 Å². The van der Waals surface area contributed by atoms with Crippen LogP contribution in [0.5, 0.6) is 0 Å². The predicted molar refractivity (Wildman–Crippen MR) is 34.0 cm³/mol. The fourth-order valence-corrected chi connectivity index (χ4v) is 1.70. The topological polar surface area (TPSA) is 64.7 Å². The minimum Gasteiger partial charge on any atom is -0.181 e. The van der Waals surface area contributed by atoms with Crippen LogP contribution in [0.1, 0.15) is 0 Å². The highest BCUT2D eigenvalue weighted by atomic mass is 33.1. The van der Waals surface area contributed by atoms with E-state index in [0.717, 1.165) is 0 Å². The summed E-state index contributed by atoms with van der Waals surface area (Å²) in [6.07, 6.45) is -1.72. The average Bonchev–Trinajstić information content (AvgIpc) is 1.68. The van der Waals surface area contributed by atoms with Crippen molar-refractivity contribution >= 4 is 29.0 Å². The van der Waals surface area contributed by atoms with Gasteiger partial charge in [0.15, 0.2) is 10.8 Å². The highest BCUT2D eigenvalue weighted by Gasteiger charge is 2.18. The van der Waals surface area contributed by atoms with Gasteiger partial charge < -0.3 is 0 Å². The Kier molecular flexibility index (Phi) is 4.79. The molecule has 0 atom stereocenters. The van der Waals surface area contributed by atoms with Crippen molar-refractivity contribution in [3.63, 3.8) is 0 Å². The third kappa shape index (κ3) is 3.95. The standard InChI is InChI=1S/C2N2OPS2/c3-1-7-6(5)8-2-4/q+1.